The van der Waals surface area contributed by atoms with E-state index in [4.69, 9.17) is 5.73 Å². The highest BCUT2D eigenvalue weighted by Gasteiger charge is 2.10. The van der Waals surface area contributed by atoms with E-state index < -0.39 is 0 Å². The Morgan fingerprint density at radius 3 is 2.86 bits per heavy atom. The molecule has 0 fully saturated rings. The number of hydrogen-bond donors (Lipinski definition) is 1. The fraction of sp³-hybridized carbons (Fsp3) is 0.312. The fourth-order valence-corrected chi connectivity index (χ4v) is 2.55. The molecule has 3 aromatic rings. The maximum atomic E-state index is 12.6. The summed E-state index contributed by atoms with van der Waals surface area (Å²) in [4.78, 5) is 17.0. The molecule has 0 aliphatic heterocycles. The Morgan fingerprint density at radius 1 is 1.27 bits per heavy atom. The third-order valence-electron chi connectivity index (χ3n) is 3.81. The van der Waals surface area contributed by atoms with Gasteiger partial charge in [-0.05, 0) is 25.0 Å². The third kappa shape index (κ3) is 2.53. The standard InChI is InChI=1S/C16H19N5O/c1-11-3-4-12(2)13(7-11)9-20-10-18-15-14(16(20)22)8-19-21(15)6-5-17/h3-4,7-8,10H,5-6,9,17H2,1-2H3. The molecule has 2 heterocycles. The molecule has 0 bridgehead atoms. The largest absolute Gasteiger partial charge is 0.329 e. The minimum atomic E-state index is -0.0748. The van der Waals surface area contributed by atoms with Crippen LogP contribution in [0.3, 0.4) is 0 Å². The summed E-state index contributed by atoms with van der Waals surface area (Å²) in [6.07, 6.45) is 3.15. The van der Waals surface area contributed by atoms with Gasteiger partial charge in [-0.1, -0.05) is 23.8 Å². The quantitative estimate of drug-likeness (QED) is 0.785. The summed E-state index contributed by atoms with van der Waals surface area (Å²) >= 11 is 0. The Bertz CT molecular complexity index is 878. The number of nitrogens with two attached hydrogens (primary N) is 1. The van der Waals surface area contributed by atoms with Crippen LogP contribution in [0.2, 0.25) is 0 Å². The fourth-order valence-electron chi connectivity index (χ4n) is 2.55. The zero-order valence-corrected chi connectivity index (χ0v) is 12.8. The van der Waals surface area contributed by atoms with Crippen molar-refractivity contribution in [2.75, 3.05) is 6.54 Å². The van der Waals surface area contributed by atoms with Crippen LogP contribution in [-0.2, 0) is 13.1 Å². The molecule has 2 N–H and O–H groups in total. The Labute approximate surface area is 128 Å². The van der Waals surface area contributed by atoms with Crippen LogP contribution in [0.25, 0.3) is 11.0 Å². The van der Waals surface area contributed by atoms with E-state index in [1.54, 1.807) is 21.8 Å². The zero-order valence-electron chi connectivity index (χ0n) is 12.8. The van der Waals surface area contributed by atoms with Crippen LogP contribution in [0.4, 0.5) is 0 Å². The van der Waals surface area contributed by atoms with Crippen LogP contribution in [0.1, 0.15) is 16.7 Å². The molecule has 1 aromatic carbocycles. The predicted molar refractivity (Wildman–Crippen MR) is 85.9 cm³/mol. The first kappa shape index (κ1) is 14.5. The molecule has 0 spiro atoms. The van der Waals surface area contributed by atoms with Crippen molar-refractivity contribution in [3.8, 4) is 0 Å². The lowest BCUT2D eigenvalue weighted by atomic mass is 10.1. The molecule has 114 valence electrons. The summed E-state index contributed by atoms with van der Waals surface area (Å²) in [5.41, 5.74) is 9.52. The van der Waals surface area contributed by atoms with E-state index in [0.29, 0.717) is 30.7 Å². The molecule has 22 heavy (non-hydrogen) atoms. The van der Waals surface area contributed by atoms with Gasteiger partial charge in [0.1, 0.15) is 11.7 Å². The summed E-state index contributed by atoms with van der Waals surface area (Å²) in [7, 11) is 0. The lowest BCUT2D eigenvalue weighted by Gasteiger charge is -2.09. The van der Waals surface area contributed by atoms with Crippen LogP contribution < -0.4 is 11.3 Å². The number of aryl methyl sites for hydroxylation is 2. The summed E-state index contributed by atoms with van der Waals surface area (Å²) in [6, 6.07) is 6.24. The van der Waals surface area contributed by atoms with E-state index in [1.165, 1.54) is 5.56 Å². The summed E-state index contributed by atoms with van der Waals surface area (Å²) in [5, 5.41) is 4.72. The molecule has 0 saturated carbocycles. The second kappa shape index (κ2) is 5.73. The first-order valence-electron chi connectivity index (χ1n) is 7.27. The second-order valence-electron chi connectivity index (χ2n) is 5.50. The Morgan fingerprint density at radius 2 is 2.09 bits per heavy atom. The van der Waals surface area contributed by atoms with Gasteiger partial charge < -0.3 is 5.73 Å². The molecule has 0 unspecified atom stereocenters. The summed E-state index contributed by atoms with van der Waals surface area (Å²) in [6.45, 7) is 5.62. The zero-order chi connectivity index (χ0) is 15.7. The smallest absolute Gasteiger partial charge is 0.264 e. The van der Waals surface area contributed by atoms with Crippen LogP contribution in [0, 0.1) is 13.8 Å². The monoisotopic (exact) mass is 297 g/mol. The number of nitrogens with zero attached hydrogens (tertiary/aromatic N) is 4. The molecular formula is C16H19N5O. The Kier molecular flexibility index (Phi) is 3.77. The lowest BCUT2D eigenvalue weighted by Crippen LogP contribution is -2.22. The second-order valence-corrected chi connectivity index (χ2v) is 5.50. The van der Waals surface area contributed by atoms with E-state index >= 15 is 0 Å². The van der Waals surface area contributed by atoms with E-state index in [9.17, 15) is 4.79 Å². The highest BCUT2D eigenvalue weighted by molar-refractivity contribution is 5.72. The van der Waals surface area contributed by atoms with Crippen molar-refractivity contribution < 1.29 is 0 Å². The molecule has 0 aliphatic rings. The van der Waals surface area contributed by atoms with Crippen molar-refractivity contribution in [3.05, 3.63) is 57.8 Å². The number of fused-ring (bicyclic) bond motifs is 1. The van der Waals surface area contributed by atoms with Gasteiger partial charge >= 0.3 is 0 Å². The van der Waals surface area contributed by atoms with Gasteiger partial charge in [0.05, 0.1) is 19.3 Å². The van der Waals surface area contributed by atoms with Crippen molar-refractivity contribution in [2.45, 2.75) is 26.9 Å². The minimum Gasteiger partial charge on any atom is -0.329 e. The van der Waals surface area contributed by atoms with Gasteiger partial charge in [-0.3, -0.25) is 9.36 Å². The van der Waals surface area contributed by atoms with Crippen molar-refractivity contribution in [1.29, 1.82) is 0 Å². The molecule has 0 aliphatic carbocycles. The number of rotatable bonds is 4. The van der Waals surface area contributed by atoms with Crippen LogP contribution in [-0.4, -0.2) is 25.9 Å². The van der Waals surface area contributed by atoms with E-state index in [-0.39, 0.29) is 5.56 Å². The molecule has 2 aromatic heterocycles. The van der Waals surface area contributed by atoms with Gasteiger partial charge in [-0.25, -0.2) is 9.67 Å². The highest BCUT2D eigenvalue weighted by Crippen LogP contribution is 2.12. The predicted octanol–water partition coefficient (Wildman–Crippen LogP) is 1.22. The van der Waals surface area contributed by atoms with Gasteiger partial charge in [-0.15, -0.1) is 0 Å². The normalized spacial score (nSPS) is 11.2. The van der Waals surface area contributed by atoms with Crippen molar-refractivity contribution in [2.24, 2.45) is 5.73 Å². The molecule has 6 nitrogen and oxygen atoms in total. The van der Waals surface area contributed by atoms with E-state index in [0.717, 1.165) is 11.1 Å². The number of aromatic nitrogens is 4. The maximum Gasteiger partial charge on any atom is 0.264 e. The minimum absolute atomic E-state index is 0.0748. The van der Waals surface area contributed by atoms with Gasteiger partial charge in [0.2, 0.25) is 0 Å². The molecule has 0 atom stereocenters. The highest BCUT2D eigenvalue weighted by atomic mass is 16.1. The Hall–Kier alpha value is -2.47. The first-order chi connectivity index (χ1) is 10.6. The maximum absolute atomic E-state index is 12.6. The van der Waals surface area contributed by atoms with Crippen LogP contribution in [0.15, 0.2) is 35.5 Å². The van der Waals surface area contributed by atoms with Gasteiger partial charge in [0.25, 0.3) is 5.56 Å². The van der Waals surface area contributed by atoms with Gasteiger partial charge in [0, 0.05) is 6.54 Å². The topological polar surface area (TPSA) is 78.7 Å². The average Bonchev–Trinajstić information content (AvgIpc) is 2.90. The van der Waals surface area contributed by atoms with Crippen LogP contribution in [0.5, 0.6) is 0 Å². The van der Waals surface area contributed by atoms with E-state index in [2.05, 4.69) is 28.3 Å². The molecule has 6 heteroatoms. The SMILES string of the molecule is Cc1ccc(C)c(Cn2cnc3c(cnn3CCN)c2=O)c1. The van der Waals surface area contributed by atoms with Crippen molar-refractivity contribution in [3.63, 3.8) is 0 Å². The Balaban J connectivity index is 2.03. The van der Waals surface area contributed by atoms with Crippen molar-refractivity contribution in [1.82, 2.24) is 19.3 Å². The van der Waals surface area contributed by atoms with E-state index in [1.807, 2.05) is 13.8 Å². The molecule has 0 saturated heterocycles. The van der Waals surface area contributed by atoms with Gasteiger partial charge in [0.15, 0.2) is 5.65 Å². The van der Waals surface area contributed by atoms with Crippen molar-refractivity contribution >= 4 is 11.0 Å². The third-order valence-corrected chi connectivity index (χ3v) is 3.81. The van der Waals surface area contributed by atoms with Crippen LogP contribution >= 0.6 is 0 Å². The summed E-state index contributed by atoms with van der Waals surface area (Å²) in [5.74, 6) is 0. The number of hydrogen-bond acceptors (Lipinski definition) is 4. The molecule has 0 amide bonds. The molecular weight excluding hydrogens is 278 g/mol. The average molecular weight is 297 g/mol. The first-order valence-corrected chi connectivity index (χ1v) is 7.27. The molecule has 0 radical (unpaired) electrons. The lowest BCUT2D eigenvalue weighted by molar-refractivity contribution is 0.637. The molecule has 3 rings (SSSR count). The number of benzene rings is 1. The van der Waals surface area contributed by atoms with Gasteiger partial charge in [-0.2, -0.15) is 5.10 Å². The summed E-state index contributed by atoms with van der Waals surface area (Å²) < 4.78 is 3.29.